The first-order valence-corrected chi connectivity index (χ1v) is 11.8. The third-order valence-electron chi connectivity index (χ3n) is 4.70. The van der Waals surface area contributed by atoms with E-state index in [9.17, 15) is 18.3 Å². The molecule has 186 valence electrons. The summed E-state index contributed by atoms with van der Waals surface area (Å²) in [6.07, 6.45) is 0. The van der Waals surface area contributed by atoms with Crippen molar-refractivity contribution < 1.29 is 42.0 Å². The van der Waals surface area contributed by atoms with Gasteiger partial charge in [-0.2, -0.15) is 0 Å². The molecule has 0 aromatic heterocycles. The van der Waals surface area contributed by atoms with Crippen LogP contribution in [-0.2, 0) is 14.8 Å². The summed E-state index contributed by atoms with van der Waals surface area (Å²) in [6, 6.07) is 15.0. The SMILES string of the molecule is COC(=O)c1cc(NS(=O)(=O)c2ccc(OC)cc2)c(Oc2cccc(OC)c2)c(OCCO)c1. The van der Waals surface area contributed by atoms with E-state index in [4.69, 9.17) is 23.7 Å². The first-order chi connectivity index (χ1) is 16.8. The molecule has 0 aliphatic carbocycles. The number of rotatable bonds is 11. The molecule has 3 aromatic rings. The van der Waals surface area contributed by atoms with Gasteiger partial charge < -0.3 is 28.8 Å². The van der Waals surface area contributed by atoms with Crippen LogP contribution in [-0.4, -0.2) is 54.0 Å². The van der Waals surface area contributed by atoms with Crippen molar-refractivity contribution in [1.82, 2.24) is 0 Å². The maximum Gasteiger partial charge on any atom is 0.338 e. The van der Waals surface area contributed by atoms with E-state index < -0.39 is 16.0 Å². The molecule has 0 spiro atoms. The van der Waals surface area contributed by atoms with Crippen molar-refractivity contribution in [3.8, 4) is 28.7 Å². The topological polar surface area (TPSA) is 130 Å². The van der Waals surface area contributed by atoms with Gasteiger partial charge in [-0.05, 0) is 48.5 Å². The molecule has 0 atom stereocenters. The predicted molar refractivity (Wildman–Crippen MR) is 127 cm³/mol. The van der Waals surface area contributed by atoms with Crippen molar-refractivity contribution in [2.75, 3.05) is 39.3 Å². The van der Waals surface area contributed by atoms with Gasteiger partial charge in [-0.25, -0.2) is 13.2 Å². The summed E-state index contributed by atoms with van der Waals surface area (Å²) in [6.45, 7) is -0.461. The van der Waals surface area contributed by atoms with Crippen LogP contribution < -0.4 is 23.7 Å². The van der Waals surface area contributed by atoms with Gasteiger partial charge in [0.1, 0.15) is 23.9 Å². The average Bonchev–Trinajstić information content (AvgIpc) is 2.88. The largest absolute Gasteiger partial charge is 0.497 e. The van der Waals surface area contributed by atoms with Crippen LogP contribution >= 0.6 is 0 Å². The Morgan fingerprint density at radius 2 is 1.60 bits per heavy atom. The first-order valence-electron chi connectivity index (χ1n) is 10.3. The van der Waals surface area contributed by atoms with E-state index >= 15 is 0 Å². The molecular weight excluding hydrogens is 478 g/mol. The van der Waals surface area contributed by atoms with Gasteiger partial charge in [-0.3, -0.25) is 4.72 Å². The zero-order valence-corrected chi connectivity index (χ0v) is 20.1. The molecule has 0 amide bonds. The Hall–Kier alpha value is -3.96. The smallest absolute Gasteiger partial charge is 0.338 e. The highest BCUT2D eigenvalue weighted by molar-refractivity contribution is 7.92. The van der Waals surface area contributed by atoms with E-state index in [1.807, 2.05) is 0 Å². The number of aliphatic hydroxyl groups excluding tert-OH is 1. The van der Waals surface area contributed by atoms with E-state index in [2.05, 4.69) is 4.72 Å². The number of benzene rings is 3. The van der Waals surface area contributed by atoms with Crippen molar-refractivity contribution in [1.29, 1.82) is 0 Å². The Kier molecular flexibility index (Phi) is 8.39. The van der Waals surface area contributed by atoms with E-state index in [0.29, 0.717) is 17.2 Å². The second-order valence-electron chi connectivity index (χ2n) is 6.98. The van der Waals surface area contributed by atoms with Crippen LogP contribution in [0.2, 0.25) is 0 Å². The second kappa shape index (κ2) is 11.4. The number of nitrogens with one attached hydrogen (secondary N) is 1. The lowest BCUT2D eigenvalue weighted by Gasteiger charge is -2.19. The first kappa shape index (κ1) is 25.7. The number of carbonyl (C=O) groups is 1. The molecule has 0 saturated heterocycles. The number of hydrogen-bond acceptors (Lipinski definition) is 9. The number of ether oxygens (including phenoxy) is 5. The molecule has 10 nitrogen and oxygen atoms in total. The van der Waals surface area contributed by atoms with Crippen molar-refractivity contribution in [2.24, 2.45) is 0 Å². The van der Waals surface area contributed by atoms with Crippen molar-refractivity contribution in [3.05, 3.63) is 66.2 Å². The highest BCUT2D eigenvalue weighted by atomic mass is 32.2. The summed E-state index contributed by atoms with van der Waals surface area (Å²) in [4.78, 5) is 12.2. The lowest BCUT2D eigenvalue weighted by Crippen LogP contribution is -2.15. The number of aliphatic hydroxyl groups is 1. The molecule has 0 bridgehead atoms. The van der Waals surface area contributed by atoms with Gasteiger partial charge in [0, 0.05) is 6.07 Å². The maximum atomic E-state index is 13.2. The Morgan fingerprint density at radius 1 is 0.914 bits per heavy atom. The van der Waals surface area contributed by atoms with Crippen LogP contribution in [0, 0.1) is 0 Å². The van der Waals surface area contributed by atoms with E-state index in [1.54, 1.807) is 24.3 Å². The number of sulfonamides is 1. The molecule has 2 N–H and O–H groups in total. The van der Waals surface area contributed by atoms with Crippen molar-refractivity contribution in [2.45, 2.75) is 4.90 Å². The number of hydrogen-bond donors (Lipinski definition) is 2. The summed E-state index contributed by atoms with van der Waals surface area (Å²) in [5.41, 5.74) is -0.0784. The van der Waals surface area contributed by atoms with Crippen LogP contribution in [0.25, 0.3) is 0 Å². The highest BCUT2D eigenvalue weighted by Gasteiger charge is 2.23. The summed E-state index contributed by atoms with van der Waals surface area (Å²) < 4.78 is 55.4. The van der Waals surface area contributed by atoms with Gasteiger partial charge in [0.05, 0.1) is 44.1 Å². The Bertz CT molecular complexity index is 1270. The van der Waals surface area contributed by atoms with E-state index in [1.165, 1.54) is 57.7 Å². The standard InChI is InChI=1S/C24H25NO9S/c1-30-17-7-9-20(10-8-17)35(28,29)25-21-13-16(24(27)32-3)14-22(33-12-11-26)23(21)34-19-6-4-5-18(15-19)31-2/h4-10,13-15,25-26H,11-12H2,1-3H3. The minimum atomic E-state index is -4.12. The number of methoxy groups -OCH3 is 3. The fourth-order valence-electron chi connectivity index (χ4n) is 3.02. The summed E-state index contributed by atoms with van der Waals surface area (Å²) in [7, 11) is 0.0362. The predicted octanol–water partition coefficient (Wildman–Crippen LogP) is 3.45. The fourth-order valence-corrected chi connectivity index (χ4v) is 4.08. The van der Waals surface area contributed by atoms with Gasteiger partial charge in [0.25, 0.3) is 10.0 Å². The fraction of sp³-hybridized carbons (Fsp3) is 0.208. The zero-order chi connectivity index (χ0) is 25.4. The van der Waals surface area contributed by atoms with Crippen molar-refractivity contribution in [3.63, 3.8) is 0 Å². The molecule has 0 radical (unpaired) electrons. The molecule has 0 unspecified atom stereocenters. The zero-order valence-electron chi connectivity index (χ0n) is 19.3. The molecule has 35 heavy (non-hydrogen) atoms. The third-order valence-corrected chi connectivity index (χ3v) is 6.08. The van der Waals surface area contributed by atoms with Crippen LogP contribution in [0.5, 0.6) is 28.7 Å². The van der Waals surface area contributed by atoms with Crippen LogP contribution in [0.4, 0.5) is 5.69 Å². The van der Waals surface area contributed by atoms with Gasteiger partial charge in [-0.15, -0.1) is 0 Å². The highest BCUT2D eigenvalue weighted by Crippen LogP contribution is 2.42. The lowest BCUT2D eigenvalue weighted by atomic mass is 10.1. The van der Waals surface area contributed by atoms with Crippen molar-refractivity contribution >= 4 is 21.7 Å². The van der Waals surface area contributed by atoms with E-state index in [0.717, 1.165) is 0 Å². The summed E-state index contributed by atoms with van der Waals surface area (Å²) in [5.74, 6) is 0.560. The molecular formula is C24H25NO9S. The summed E-state index contributed by atoms with van der Waals surface area (Å²) >= 11 is 0. The number of carbonyl (C=O) groups excluding carboxylic acids is 1. The molecule has 11 heteroatoms. The quantitative estimate of drug-likeness (QED) is 0.378. The molecule has 0 heterocycles. The molecule has 0 fully saturated rings. The molecule has 3 aromatic carbocycles. The van der Waals surface area contributed by atoms with Gasteiger partial charge in [0.2, 0.25) is 0 Å². The lowest BCUT2D eigenvalue weighted by molar-refractivity contribution is 0.0600. The Balaban J connectivity index is 2.13. The Morgan fingerprint density at radius 3 is 2.23 bits per heavy atom. The van der Waals surface area contributed by atoms with E-state index in [-0.39, 0.29) is 40.9 Å². The van der Waals surface area contributed by atoms with Crippen LogP contribution in [0.3, 0.4) is 0 Å². The summed E-state index contributed by atoms with van der Waals surface area (Å²) in [5, 5.41) is 9.25. The third kappa shape index (κ3) is 6.34. The second-order valence-corrected chi connectivity index (χ2v) is 8.66. The normalized spacial score (nSPS) is 10.9. The van der Waals surface area contributed by atoms with Gasteiger partial charge >= 0.3 is 5.97 Å². The number of anilines is 1. The number of esters is 1. The molecule has 0 aliphatic heterocycles. The van der Waals surface area contributed by atoms with Crippen LogP contribution in [0.1, 0.15) is 10.4 Å². The minimum absolute atomic E-state index is 0.00543. The Labute approximate surface area is 203 Å². The molecule has 0 aliphatic rings. The average molecular weight is 504 g/mol. The monoisotopic (exact) mass is 503 g/mol. The maximum absolute atomic E-state index is 13.2. The van der Waals surface area contributed by atoms with Gasteiger partial charge in [-0.1, -0.05) is 6.07 Å². The van der Waals surface area contributed by atoms with Gasteiger partial charge in [0.15, 0.2) is 11.5 Å². The van der Waals surface area contributed by atoms with Crippen LogP contribution in [0.15, 0.2) is 65.6 Å². The minimum Gasteiger partial charge on any atom is -0.497 e. The molecule has 3 rings (SSSR count). The molecule has 0 saturated carbocycles.